The summed E-state index contributed by atoms with van der Waals surface area (Å²) in [6.07, 6.45) is 5.97. The van der Waals surface area contributed by atoms with Gasteiger partial charge >= 0.3 is 0 Å². The van der Waals surface area contributed by atoms with Crippen LogP contribution in [-0.2, 0) is 0 Å². The van der Waals surface area contributed by atoms with E-state index in [2.05, 4.69) is 137 Å². The zero-order valence-electron chi connectivity index (χ0n) is 29.0. The Morgan fingerprint density at radius 1 is 0.708 bits per heavy atom. The van der Waals surface area contributed by atoms with Crippen LogP contribution < -0.4 is 14.5 Å². The summed E-state index contributed by atoms with van der Waals surface area (Å²) in [5.74, 6) is 2.80. The van der Waals surface area contributed by atoms with Crippen molar-refractivity contribution < 1.29 is 4.74 Å². The highest BCUT2D eigenvalue weighted by Crippen LogP contribution is 2.43. The molecule has 0 aliphatic heterocycles. The van der Waals surface area contributed by atoms with Gasteiger partial charge in [-0.05, 0) is 78.9 Å². The van der Waals surface area contributed by atoms with E-state index in [1.165, 1.54) is 39.0 Å². The highest BCUT2D eigenvalue weighted by Gasteiger charge is 2.21. The summed E-state index contributed by atoms with van der Waals surface area (Å²) < 4.78 is 10.7. The predicted molar refractivity (Wildman–Crippen MR) is 200 cm³/mol. The molecule has 0 unspecified atom stereocenters. The molecule has 7 aromatic rings. The van der Waals surface area contributed by atoms with Crippen LogP contribution in [0.15, 0.2) is 104 Å². The SMILES string of the molecule is Cc1cc(C)c(N(C)C)c(-c2cnn(-c3cccc(Oc4ccc5c6ccccc6n(-c6cc(C(C)C)ccn6)c5c4)c3)c2)c1N(C)C. The van der Waals surface area contributed by atoms with Gasteiger partial charge in [0.2, 0.25) is 0 Å². The molecule has 7 rings (SSSR count). The van der Waals surface area contributed by atoms with Gasteiger partial charge in [-0.2, -0.15) is 5.10 Å². The van der Waals surface area contributed by atoms with Crippen molar-refractivity contribution in [3.63, 3.8) is 0 Å². The molecule has 0 atom stereocenters. The van der Waals surface area contributed by atoms with Crippen LogP contribution in [0.25, 0.3) is 44.4 Å². The maximum Gasteiger partial charge on any atom is 0.137 e. The van der Waals surface area contributed by atoms with Crippen LogP contribution in [0.3, 0.4) is 0 Å². The number of nitrogens with zero attached hydrogens (tertiary/aromatic N) is 6. The van der Waals surface area contributed by atoms with E-state index in [-0.39, 0.29) is 0 Å². The van der Waals surface area contributed by atoms with Crippen LogP contribution in [0.5, 0.6) is 11.5 Å². The first-order valence-corrected chi connectivity index (χ1v) is 16.4. The van der Waals surface area contributed by atoms with Gasteiger partial charge in [0.15, 0.2) is 0 Å². The van der Waals surface area contributed by atoms with Crippen molar-refractivity contribution in [2.75, 3.05) is 38.0 Å². The highest BCUT2D eigenvalue weighted by atomic mass is 16.5. The molecule has 0 fully saturated rings. The molecule has 3 heterocycles. The molecule has 4 aromatic carbocycles. The van der Waals surface area contributed by atoms with Gasteiger partial charge in [-0.1, -0.05) is 44.2 Å². The fourth-order valence-electron chi connectivity index (χ4n) is 6.99. The molecule has 3 aromatic heterocycles. The van der Waals surface area contributed by atoms with Crippen molar-refractivity contribution in [3.8, 4) is 34.1 Å². The number of para-hydroxylation sites is 1. The molecule has 0 aliphatic rings. The van der Waals surface area contributed by atoms with Gasteiger partial charge in [0.25, 0.3) is 0 Å². The highest BCUT2D eigenvalue weighted by molar-refractivity contribution is 6.09. The topological polar surface area (TPSA) is 51.4 Å². The van der Waals surface area contributed by atoms with Gasteiger partial charge in [0.1, 0.15) is 17.3 Å². The quantitative estimate of drug-likeness (QED) is 0.167. The molecule has 242 valence electrons. The minimum atomic E-state index is 0.405. The van der Waals surface area contributed by atoms with Crippen LogP contribution in [0.4, 0.5) is 11.4 Å². The van der Waals surface area contributed by atoms with E-state index in [0.717, 1.165) is 45.0 Å². The Morgan fingerprint density at radius 2 is 1.42 bits per heavy atom. The molecule has 48 heavy (non-hydrogen) atoms. The lowest BCUT2D eigenvalue weighted by Gasteiger charge is -2.27. The van der Waals surface area contributed by atoms with Crippen LogP contribution >= 0.6 is 0 Å². The Balaban J connectivity index is 1.26. The Morgan fingerprint density at radius 3 is 2.15 bits per heavy atom. The van der Waals surface area contributed by atoms with Gasteiger partial charge < -0.3 is 14.5 Å². The summed E-state index contributed by atoms with van der Waals surface area (Å²) in [6, 6.07) is 29.4. The minimum Gasteiger partial charge on any atom is -0.457 e. The molecule has 0 saturated carbocycles. The average Bonchev–Trinajstić information content (AvgIpc) is 3.67. The van der Waals surface area contributed by atoms with E-state index in [9.17, 15) is 0 Å². The number of fused-ring (bicyclic) bond motifs is 3. The maximum absolute atomic E-state index is 6.53. The zero-order chi connectivity index (χ0) is 33.7. The largest absolute Gasteiger partial charge is 0.457 e. The van der Waals surface area contributed by atoms with Crippen LogP contribution in [0.1, 0.15) is 36.5 Å². The average molecular weight is 635 g/mol. The Labute approximate surface area is 282 Å². The van der Waals surface area contributed by atoms with E-state index in [1.54, 1.807) is 0 Å². The van der Waals surface area contributed by atoms with Gasteiger partial charge in [-0.15, -0.1) is 0 Å². The second-order valence-electron chi connectivity index (χ2n) is 13.3. The molecule has 0 N–H and O–H groups in total. The number of rotatable bonds is 8. The standard InChI is InChI=1S/C41H42N6O/c1-26(2)29-18-19-42-38(21-29)47-36-15-10-9-14-34(36)35-17-16-33(23-37(35)47)48-32-13-11-12-31(22-32)46-25-30(24-43-46)39-40(44(5)6)27(3)20-28(4)41(39)45(7)8/h9-26H,1-8H3. The first-order valence-electron chi connectivity index (χ1n) is 16.4. The Kier molecular flexibility index (Phi) is 7.91. The van der Waals surface area contributed by atoms with Crippen molar-refractivity contribution >= 4 is 33.2 Å². The van der Waals surface area contributed by atoms with Crippen molar-refractivity contribution in [3.05, 3.63) is 120 Å². The summed E-state index contributed by atoms with van der Waals surface area (Å²) >= 11 is 0. The first kappa shape index (κ1) is 31.1. The lowest BCUT2D eigenvalue weighted by molar-refractivity contribution is 0.483. The summed E-state index contributed by atoms with van der Waals surface area (Å²) in [5.41, 5.74) is 11.5. The monoisotopic (exact) mass is 634 g/mol. The number of benzene rings is 4. The summed E-state index contributed by atoms with van der Waals surface area (Å²) in [4.78, 5) is 9.18. The van der Waals surface area contributed by atoms with E-state index >= 15 is 0 Å². The third kappa shape index (κ3) is 5.45. The third-order valence-corrected chi connectivity index (χ3v) is 9.05. The third-order valence-electron chi connectivity index (χ3n) is 9.05. The summed E-state index contributed by atoms with van der Waals surface area (Å²) in [5, 5.41) is 7.16. The second kappa shape index (κ2) is 12.2. The maximum atomic E-state index is 6.53. The van der Waals surface area contributed by atoms with E-state index < -0.39 is 0 Å². The number of aryl methyl sites for hydroxylation is 2. The molecule has 7 nitrogen and oxygen atoms in total. The van der Waals surface area contributed by atoms with Gasteiger partial charge in [-0.25, -0.2) is 9.67 Å². The number of anilines is 2. The molecule has 0 amide bonds. The number of aromatic nitrogens is 4. The molecular weight excluding hydrogens is 592 g/mol. The van der Waals surface area contributed by atoms with E-state index in [1.807, 2.05) is 41.3 Å². The summed E-state index contributed by atoms with van der Waals surface area (Å²) in [7, 11) is 8.40. The van der Waals surface area contributed by atoms with Gasteiger partial charge in [0, 0.05) is 86.0 Å². The molecule has 0 saturated heterocycles. The van der Waals surface area contributed by atoms with Crippen molar-refractivity contribution in [1.29, 1.82) is 0 Å². The van der Waals surface area contributed by atoms with Gasteiger partial charge in [-0.3, -0.25) is 4.57 Å². The fourth-order valence-corrected chi connectivity index (χ4v) is 6.99. The fraction of sp³-hybridized carbons (Fsp3) is 0.220. The zero-order valence-corrected chi connectivity index (χ0v) is 29.0. The van der Waals surface area contributed by atoms with Gasteiger partial charge in [0.05, 0.1) is 22.9 Å². The summed E-state index contributed by atoms with van der Waals surface area (Å²) in [6.45, 7) is 8.76. The number of ether oxygens (including phenoxy) is 1. The molecule has 0 aliphatic carbocycles. The van der Waals surface area contributed by atoms with E-state index in [0.29, 0.717) is 5.92 Å². The minimum absolute atomic E-state index is 0.405. The van der Waals surface area contributed by atoms with Crippen molar-refractivity contribution in [2.45, 2.75) is 33.6 Å². The van der Waals surface area contributed by atoms with Crippen LogP contribution in [0, 0.1) is 13.8 Å². The number of pyridine rings is 1. The Bertz CT molecular complexity index is 2260. The Hall–Kier alpha value is -5.56. The van der Waals surface area contributed by atoms with Crippen molar-refractivity contribution in [1.82, 2.24) is 19.3 Å². The molecule has 7 heteroatoms. The number of hydrogen-bond acceptors (Lipinski definition) is 5. The lowest BCUT2D eigenvalue weighted by atomic mass is 9.96. The lowest BCUT2D eigenvalue weighted by Crippen LogP contribution is -2.17. The molecule has 0 spiro atoms. The first-order chi connectivity index (χ1) is 23.1. The molecule has 0 bridgehead atoms. The van der Waals surface area contributed by atoms with Crippen LogP contribution in [0.2, 0.25) is 0 Å². The van der Waals surface area contributed by atoms with Crippen molar-refractivity contribution in [2.24, 2.45) is 0 Å². The van der Waals surface area contributed by atoms with Crippen LogP contribution in [-0.4, -0.2) is 47.5 Å². The van der Waals surface area contributed by atoms with E-state index in [4.69, 9.17) is 14.8 Å². The predicted octanol–water partition coefficient (Wildman–Crippen LogP) is 9.70. The smallest absolute Gasteiger partial charge is 0.137 e. The normalized spacial score (nSPS) is 11.5. The second-order valence-corrected chi connectivity index (χ2v) is 13.3. The molecular formula is C41H42N6O. The number of hydrogen-bond donors (Lipinski definition) is 0. The molecule has 0 radical (unpaired) electrons.